The van der Waals surface area contributed by atoms with Crippen molar-refractivity contribution in [2.75, 3.05) is 101 Å². The van der Waals surface area contributed by atoms with Crippen LogP contribution < -0.4 is 20.0 Å². The van der Waals surface area contributed by atoms with Crippen molar-refractivity contribution >= 4 is 28.9 Å². The number of carbonyl (C=O) groups is 2. The molecule has 4 aliphatic rings. The standard InChI is InChI=1S/C27H36N4O2.C11H13NO3/c1-20-3-10-26(31-13-11-29(2)12-14-31)25-19-22(6-9-24(20)25)28-27(32)21-4-7-23(8-5-21)30-15-17-33-18-16-30;13-11(14)9-1-3-10(4-2-9)12-5-7-15-8-6-12/h3-5,7-8,10,22H,6,9,11-19H2,1-2H3,(H,28,32);1-4H,5-8H2,(H,13,14)/t22-;/m1./s1. The maximum absolute atomic E-state index is 13.0. The molecule has 0 saturated carbocycles. The van der Waals surface area contributed by atoms with E-state index in [-0.39, 0.29) is 11.9 Å². The Hall–Kier alpha value is -4.12. The molecule has 1 amide bonds. The number of likely N-dealkylation sites (N-methyl/N-ethyl adjacent to an activating group) is 1. The van der Waals surface area contributed by atoms with Crippen LogP contribution in [0.5, 0.6) is 0 Å². The minimum absolute atomic E-state index is 0.0331. The van der Waals surface area contributed by atoms with E-state index >= 15 is 0 Å². The summed E-state index contributed by atoms with van der Waals surface area (Å²) in [4.78, 5) is 33.1. The van der Waals surface area contributed by atoms with Gasteiger partial charge in [-0.3, -0.25) is 4.79 Å². The van der Waals surface area contributed by atoms with E-state index in [2.05, 4.69) is 63.2 Å². The van der Waals surface area contributed by atoms with Gasteiger partial charge < -0.3 is 39.5 Å². The Kier molecular flexibility index (Phi) is 11.2. The number of fused-ring (bicyclic) bond motifs is 1. The highest BCUT2D eigenvalue weighted by molar-refractivity contribution is 5.94. The molecule has 1 aliphatic carbocycles. The first-order valence-corrected chi connectivity index (χ1v) is 17.3. The van der Waals surface area contributed by atoms with Crippen LogP contribution in [0.3, 0.4) is 0 Å². The highest BCUT2D eigenvalue weighted by atomic mass is 16.5. The fourth-order valence-electron chi connectivity index (χ4n) is 7.06. The Morgan fingerprint density at radius 3 is 1.77 bits per heavy atom. The zero-order valence-electron chi connectivity index (χ0n) is 28.3. The van der Waals surface area contributed by atoms with E-state index in [9.17, 15) is 9.59 Å². The van der Waals surface area contributed by atoms with Gasteiger partial charge in [-0.05, 0) is 105 Å². The third kappa shape index (κ3) is 8.29. The number of benzene rings is 3. The molecule has 3 aromatic rings. The lowest BCUT2D eigenvalue weighted by Gasteiger charge is -2.37. The van der Waals surface area contributed by atoms with Crippen LogP contribution in [-0.2, 0) is 22.3 Å². The first-order chi connectivity index (χ1) is 23.4. The maximum atomic E-state index is 13.0. The second-order valence-electron chi connectivity index (χ2n) is 13.2. The molecule has 3 heterocycles. The van der Waals surface area contributed by atoms with Gasteiger partial charge in [-0.2, -0.15) is 0 Å². The summed E-state index contributed by atoms with van der Waals surface area (Å²) in [5, 5.41) is 12.1. The molecule has 0 radical (unpaired) electrons. The molecule has 48 heavy (non-hydrogen) atoms. The van der Waals surface area contributed by atoms with Crippen LogP contribution in [0.1, 0.15) is 43.8 Å². The van der Waals surface area contributed by atoms with Crippen LogP contribution in [0, 0.1) is 6.92 Å². The van der Waals surface area contributed by atoms with Crippen LogP contribution >= 0.6 is 0 Å². The van der Waals surface area contributed by atoms with Crippen LogP contribution in [0.15, 0.2) is 60.7 Å². The Labute approximate surface area is 284 Å². The van der Waals surface area contributed by atoms with Gasteiger partial charge in [0.25, 0.3) is 5.91 Å². The first kappa shape index (κ1) is 33.8. The first-order valence-electron chi connectivity index (χ1n) is 17.3. The summed E-state index contributed by atoms with van der Waals surface area (Å²) in [5.41, 5.74) is 8.97. The van der Waals surface area contributed by atoms with Crippen molar-refractivity contribution in [2.24, 2.45) is 0 Å². The van der Waals surface area contributed by atoms with Gasteiger partial charge in [-0.15, -0.1) is 0 Å². The molecule has 10 nitrogen and oxygen atoms in total. The van der Waals surface area contributed by atoms with Crippen molar-refractivity contribution in [1.29, 1.82) is 0 Å². The number of nitrogens with one attached hydrogen (secondary N) is 1. The number of hydrogen-bond donors (Lipinski definition) is 2. The maximum Gasteiger partial charge on any atom is 0.335 e. The Bertz CT molecular complexity index is 1530. The van der Waals surface area contributed by atoms with Crippen LogP contribution in [0.25, 0.3) is 0 Å². The normalized spacial score (nSPS) is 20.0. The summed E-state index contributed by atoms with van der Waals surface area (Å²) >= 11 is 0. The second kappa shape index (κ2) is 15.9. The molecule has 3 fully saturated rings. The van der Waals surface area contributed by atoms with Gasteiger partial charge in [0.1, 0.15) is 0 Å². The fourth-order valence-corrected chi connectivity index (χ4v) is 7.06. The minimum atomic E-state index is -0.886. The quantitative estimate of drug-likeness (QED) is 0.407. The van der Waals surface area contributed by atoms with Crippen molar-refractivity contribution in [3.63, 3.8) is 0 Å². The van der Waals surface area contributed by atoms with E-state index in [1.54, 1.807) is 12.1 Å². The third-order valence-electron chi connectivity index (χ3n) is 10.0. The van der Waals surface area contributed by atoms with Gasteiger partial charge in [0.15, 0.2) is 0 Å². The molecule has 0 unspecified atom stereocenters. The smallest absolute Gasteiger partial charge is 0.335 e. The number of anilines is 3. The Morgan fingerprint density at radius 2 is 1.23 bits per heavy atom. The third-order valence-corrected chi connectivity index (χ3v) is 10.0. The van der Waals surface area contributed by atoms with Crippen molar-refractivity contribution in [3.05, 3.63) is 88.5 Å². The average Bonchev–Trinajstić information content (AvgIpc) is 3.13. The molecule has 3 saturated heterocycles. The Balaban J connectivity index is 0.000000223. The Morgan fingerprint density at radius 1 is 0.688 bits per heavy atom. The lowest BCUT2D eigenvalue weighted by molar-refractivity contribution is 0.0696. The molecule has 3 aliphatic heterocycles. The van der Waals surface area contributed by atoms with Gasteiger partial charge in [0.2, 0.25) is 0 Å². The number of ether oxygens (including phenoxy) is 2. The SMILES string of the molecule is Cc1ccc(N2CCN(C)CC2)c2c1CC[C@@H](NC(=O)c1ccc(N3CCOCC3)cc1)C2.O=C(O)c1ccc(N2CCOCC2)cc1. The molecule has 256 valence electrons. The molecule has 0 aromatic heterocycles. The average molecular weight is 656 g/mol. The lowest BCUT2D eigenvalue weighted by Crippen LogP contribution is -2.45. The molecule has 10 heteroatoms. The van der Waals surface area contributed by atoms with Crippen LogP contribution in [-0.4, -0.2) is 114 Å². The van der Waals surface area contributed by atoms with Gasteiger partial charge in [0.05, 0.1) is 32.0 Å². The number of amides is 1. The van der Waals surface area contributed by atoms with Crippen molar-refractivity contribution < 1.29 is 24.2 Å². The number of rotatable bonds is 6. The van der Waals surface area contributed by atoms with Gasteiger partial charge in [0, 0.05) is 81.0 Å². The fraction of sp³-hybridized carbons (Fsp3) is 0.474. The number of piperazine rings is 1. The van der Waals surface area contributed by atoms with Crippen molar-refractivity contribution in [1.82, 2.24) is 10.2 Å². The molecule has 2 N–H and O–H groups in total. The molecular weight excluding hydrogens is 606 g/mol. The molecular formula is C38H49N5O5. The summed E-state index contributed by atoms with van der Waals surface area (Å²) < 4.78 is 10.7. The summed E-state index contributed by atoms with van der Waals surface area (Å²) in [7, 11) is 2.20. The van der Waals surface area contributed by atoms with Crippen LogP contribution in [0.2, 0.25) is 0 Å². The van der Waals surface area contributed by atoms with E-state index in [4.69, 9.17) is 14.6 Å². The van der Waals surface area contributed by atoms with E-state index in [0.29, 0.717) is 5.56 Å². The number of carboxylic acid groups (broad SMARTS) is 1. The summed E-state index contributed by atoms with van der Waals surface area (Å²) in [5.74, 6) is -0.852. The van der Waals surface area contributed by atoms with Gasteiger partial charge >= 0.3 is 5.97 Å². The van der Waals surface area contributed by atoms with E-state index < -0.39 is 5.97 Å². The zero-order chi connectivity index (χ0) is 33.5. The number of nitrogens with zero attached hydrogens (tertiary/aromatic N) is 4. The van der Waals surface area contributed by atoms with Gasteiger partial charge in [-0.25, -0.2) is 4.79 Å². The lowest BCUT2D eigenvalue weighted by atomic mass is 9.84. The predicted octanol–water partition coefficient (Wildman–Crippen LogP) is 4.09. The van der Waals surface area contributed by atoms with E-state index in [1.807, 2.05) is 24.3 Å². The van der Waals surface area contributed by atoms with Crippen LogP contribution in [0.4, 0.5) is 17.1 Å². The largest absolute Gasteiger partial charge is 0.478 e. The molecule has 1 atom stereocenters. The predicted molar refractivity (Wildman–Crippen MR) is 190 cm³/mol. The van der Waals surface area contributed by atoms with E-state index in [0.717, 1.165) is 115 Å². The zero-order valence-corrected chi connectivity index (χ0v) is 28.3. The number of hydrogen-bond acceptors (Lipinski definition) is 8. The van der Waals surface area contributed by atoms with Crippen molar-refractivity contribution in [3.8, 4) is 0 Å². The molecule has 3 aromatic carbocycles. The number of carboxylic acids is 1. The second-order valence-corrected chi connectivity index (χ2v) is 13.2. The van der Waals surface area contributed by atoms with Gasteiger partial charge in [-0.1, -0.05) is 6.07 Å². The summed E-state index contributed by atoms with van der Waals surface area (Å²) in [6.45, 7) is 13.1. The van der Waals surface area contributed by atoms with Crippen molar-refractivity contribution in [2.45, 2.75) is 32.2 Å². The molecule has 0 bridgehead atoms. The highest BCUT2D eigenvalue weighted by Crippen LogP contribution is 2.33. The number of morpholine rings is 2. The summed E-state index contributed by atoms with van der Waals surface area (Å²) in [6.07, 6.45) is 2.94. The number of aromatic carboxylic acids is 1. The molecule has 7 rings (SSSR count). The monoisotopic (exact) mass is 655 g/mol. The number of carbonyl (C=O) groups excluding carboxylic acids is 1. The number of aryl methyl sites for hydroxylation is 1. The van der Waals surface area contributed by atoms with E-state index in [1.165, 1.54) is 22.4 Å². The summed E-state index contributed by atoms with van der Waals surface area (Å²) in [6, 6.07) is 19.7. The topological polar surface area (TPSA) is 97.8 Å². The molecule has 0 spiro atoms. The highest BCUT2D eigenvalue weighted by Gasteiger charge is 2.27. The minimum Gasteiger partial charge on any atom is -0.478 e.